The molecule has 6 heteroatoms. The molecule has 0 saturated carbocycles. The molecule has 25 heavy (non-hydrogen) atoms. The van der Waals surface area contributed by atoms with Crippen molar-refractivity contribution < 1.29 is 4.74 Å². The second-order valence-electron chi connectivity index (χ2n) is 6.31. The normalized spacial score (nSPS) is 18.0. The van der Waals surface area contributed by atoms with Gasteiger partial charge in [-0.1, -0.05) is 41.5 Å². The van der Waals surface area contributed by atoms with E-state index in [1.54, 1.807) is 7.11 Å². The molecule has 1 unspecified atom stereocenters. The zero-order valence-electron chi connectivity index (χ0n) is 13.8. The van der Waals surface area contributed by atoms with Crippen LogP contribution in [0.4, 0.5) is 5.95 Å². The Kier molecular flexibility index (Phi) is 3.09. The molecule has 2 heterocycles. The Hall–Kier alpha value is -3.15. The highest BCUT2D eigenvalue weighted by molar-refractivity contribution is 5.82. The summed E-state index contributed by atoms with van der Waals surface area (Å²) in [6, 6.07) is 16.7. The molecule has 0 fully saturated rings. The van der Waals surface area contributed by atoms with Gasteiger partial charge in [0, 0.05) is 5.56 Å². The molecular weight excluding hydrogens is 314 g/mol. The minimum Gasteiger partial charge on any atom is -0.497 e. The lowest BCUT2D eigenvalue weighted by Gasteiger charge is -2.33. The lowest BCUT2D eigenvalue weighted by Crippen LogP contribution is -2.27. The summed E-state index contributed by atoms with van der Waals surface area (Å²) in [7, 11) is 1.68. The summed E-state index contributed by atoms with van der Waals surface area (Å²) in [6.07, 6.45) is 2.01. The van der Waals surface area contributed by atoms with Crippen LogP contribution in [0.25, 0.3) is 5.70 Å². The van der Waals surface area contributed by atoms with Gasteiger partial charge in [0.1, 0.15) is 11.8 Å². The average molecular weight is 331 g/mol. The van der Waals surface area contributed by atoms with Crippen molar-refractivity contribution in [3.8, 4) is 5.75 Å². The number of nitrogens with one attached hydrogen (secondary N) is 1. The summed E-state index contributed by atoms with van der Waals surface area (Å²) in [5.41, 5.74) is 6.23. The van der Waals surface area contributed by atoms with Crippen molar-refractivity contribution in [1.29, 1.82) is 0 Å². The Bertz CT molecular complexity index is 973. The number of allylic oxidation sites excluding steroid dienone is 1. The van der Waals surface area contributed by atoms with Crippen molar-refractivity contribution in [3.05, 3.63) is 70.8 Å². The topological polar surface area (TPSA) is 64.9 Å². The number of aryl methyl sites for hydroxylation is 1. The van der Waals surface area contributed by atoms with Crippen molar-refractivity contribution >= 4 is 11.6 Å². The van der Waals surface area contributed by atoms with E-state index in [0.29, 0.717) is 5.95 Å². The lowest BCUT2D eigenvalue weighted by molar-refractivity contribution is 0.414. The Balaban J connectivity index is 1.69. The number of methoxy groups -OCH3 is 1. The molecule has 0 spiro atoms. The maximum atomic E-state index is 5.29. The van der Waals surface area contributed by atoms with Crippen LogP contribution in [0.5, 0.6) is 5.75 Å². The Morgan fingerprint density at radius 1 is 1.08 bits per heavy atom. The first kappa shape index (κ1) is 14.2. The highest BCUT2D eigenvalue weighted by atomic mass is 16.5. The van der Waals surface area contributed by atoms with E-state index in [9.17, 15) is 0 Å². The first-order valence-electron chi connectivity index (χ1n) is 8.35. The fourth-order valence-corrected chi connectivity index (χ4v) is 3.81. The zero-order valence-corrected chi connectivity index (χ0v) is 13.8. The minimum atomic E-state index is 0.000474. The van der Waals surface area contributed by atoms with Crippen LogP contribution in [-0.2, 0) is 6.42 Å². The van der Waals surface area contributed by atoms with E-state index in [2.05, 4.69) is 57.2 Å². The Labute approximate surface area is 145 Å². The second-order valence-corrected chi connectivity index (χ2v) is 6.31. The van der Waals surface area contributed by atoms with Crippen LogP contribution in [-0.4, -0.2) is 27.3 Å². The minimum absolute atomic E-state index is 0.000474. The van der Waals surface area contributed by atoms with Gasteiger partial charge in [-0.3, -0.25) is 0 Å². The van der Waals surface area contributed by atoms with Gasteiger partial charge in [-0.05, 0) is 52.1 Å². The van der Waals surface area contributed by atoms with Crippen molar-refractivity contribution in [1.82, 2.24) is 20.2 Å². The molecule has 1 N–H and O–H groups in total. The molecule has 0 saturated heterocycles. The summed E-state index contributed by atoms with van der Waals surface area (Å²) in [5.74, 6) is 1.52. The first-order valence-corrected chi connectivity index (χ1v) is 8.35. The van der Waals surface area contributed by atoms with Crippen LogP contribution in [0.2, 0.25) is 0 Å². The van der Waals surface area contributed by atoms with E-state index in [1.807, 2.05) is 16.8 Å². The molecule has 0 bridgehead atoms. The second kappa shape index (κ2) is 5.44. The van der Waals surface area contributed by atoms with Gasteiger partial charge in [0.2, 0.25) is 5.95 Å². The molecule has 6 nitrogen and oxygen atoms in total. The Morgan fingerprint density at radius 3 is 2.76 bits per heavy atom. The van der Waals surface area contributed by atoms with Crippen LogP contribution in [0.1, 0.15) is 29.2 Å². The zero-order chi connectivity index (χ0) is 16.8. The number of nitrogens with zero attached hydrogens (tertiary/aromatic N) is 4. The molecule has 0 radical (unpaired) electrons. The van der Waals surface area contributed by atoms with E-state index in [4.69, 9.17) is 4.74 Å². The van der Waals surface area contributed by atoms with E-state index in [1.165, 1.54) is 16.7 Å². The molecule has 3 aromatic rings. The molecule has 2 aliphatic rings. The monoisotopic (exact) mass is 331 g/mol. The maximum absolute atomic E-state index is 5.29. The van der Waals surface area contributed by atoms with Gasteiger partial charge in [0.25, 0.3) is 0 Å². The van der Waals surface area contributed by atoms with Crippen molar-refractivity contribution in [2.24, 2.45) is 0 Å². The van der Waals surface area contributed by atoms with Crippen molar-refractivity contribution in [2.75, 3.05) is 12.4 Å². The van der Waals surface area contributed by atoms with Gasteiger partial charge >= 0.3 is 0 Å². The number of hydrogen-bond donors (Lipinski definition) is 1. The summed E-state index contributed by atoms with van der Waals surface area (Å²) < 4.78 is 7.16. The third-order valence-electron chi connectivity index (χ3n) is 5.01. The van der Waals surface area contributed by atoms with E-state index < -0.39 is 0 Å². The third-order valence-corrected chi connectivity index (χ3v) is 5.01. The van der Waals surface area contributed by atoms with Gasteiger partial charge in [0.15, 0.2) is 0 Å². The Morgan fingerprint density at radius 2 is 1.92 bits per heavy atom. The summed E-state index contributed by atoms with van der Waals surface area (Å²) in [4.78, 5) is 0. The van der Waals surface area contributed by atoms with Crippen LogP contribution in [0, 0.1) is 0 Å². The van der Waals surface area contributed by atoms with E-state index in [0.717, 1.165) is 29.9 Å². The maximum Gasteiger partial charge on any atom is 0.248 e. The van der Waals surface area contributed by atoms with Gasteiger partial charge in [0.05, 0.1) is 12.8 Å². The quantitative estimate of drug-likeness (QED) is 0.782. The van der Waals surface area contributed by atoms with Crippen LogP contribution in [0.3, 0.4) is 0 Å². The van der Waals surface area contributed by atoms with Gasteiger partial charge in [-0.15, -0.1) is 0 Å². The third kappa shape index (κ3) is 2.14. The lowest BCUT2D eigenvalue weighted by atomic mass is 9.83. The van der Waals surface area contributed by atoms with Crippen LogP contribution in [0.15, 0.2) is 54.1 Å². The van der Waals surface area contributed by atoms with Gasteiger partial charge in [-0.25, -0.2) is 0 Å². The predicted molar refractivity (Wildman–Crippen MR) is 94.3 cm³/mol. The molecule has 2 aromatic carbocycles. The number of anilines is 1. The van der Waals surface area contributed by atoms with Crippen molar-refractivity contribution in [2.45, 2.75) is 18.9 Å². The molecule has 1 aliphatic heterocycles. The van der Waals surface area contributed by atoms with Gasteiger partial charge in [-0.2, -0.15) is 4.68 Å². The largest absolute Gasteiger partial charge is 0.497 e. The number of ether oxygens (including phenoxy) is 1. The number of benzene rings is 2. The number of rotatable bonds is 2. The number of tetrazole rings is 1. The fourth-order valence-electron chi connectivity index (χ4n) is 3.81. The number of hydrogen-bond acceptors (Lipinski definition) is 5. The fraction of sp³-hybridized carbons (Fsp3) is 0.211. The van der Waals surface area contributed by atoms with E-state index >= 15 is 0 Å². The molecule has 0 amide bonds. The number of aromatic nitrogens is 4. The van der Waals surface area contributed by atoms with Crippen molar-refractivity contribution in [3.63, 3.8) is 0 Å². The highest BCUT2D eigenvalue weighted by Crippen LogP contribution is 2.43. The molecule has 1 aliphatic carbocycles. The molecule has 1 atom stereocenters. The molecule has 1 aromatic heterocycles. The summed E-state index contributed by atoms with van der Waals surface area (Å²) >= 11 is 0. The smallest absolute Gasteiger partial charge is 0.248 e. The van der Waals surface area contributed by atoms with E-state index in [-0.39, 0.29) is 6.04 Å². The standard InChI is InChI=1S/C19H17N5O/c1-25-14-9-6-13(7-10-14)18-16-11-8-12-4-2-3-5-15(12)17(16)20-19-21-22-23-24(18)19/h2-7,9-10,18H,8,11H2,1H3,(H,20,21,23). The first-order chi connectivity index (χ1) is 12.3. The summed E-state index contributed by atoms with van der Waals surface area (Å²) in [5, 5.41) is 15.7. The highest BCUT2D eigenvalue weighted by Gasteiger charge is 2.34. The predicted octanol–water partition coefficient (Wildman–Crippen LogP) is 3.05. The van der Waals surface area contributed by atoms with Crippen LogP contribution >= 0.6 is 0 Å². The SMILES string of the molecule is COc1ccc(C2C3=C(Nc4nnnn42)c2ccccc2CC3)cc1. The average Bonchev–Trinajstić information content (AvgIpc) is 3.14. The number of fused-ring (bicyclic) bond motifs is 3. The molecule has 5 rings (SSSR count). The molecular formula is C19H17N5O. The summed E-state index contributed by atoms with van der Waals surface area (Å²) in [6.45, 7) is 0. The van der Waals surface area contributed by atoms with Crippen LogP contribution < -0.4 is 10.1 Å². The molecule has 124 valence electrons. The van der Waals surface area contributed by atoms with Gasteiger partial charge < -0.3 is 10.1 Å².